The summed E-state index contributed by atoms with van der Waals surface area (Å²) in [5.41, 5.74) is 0.196. The largest absolute Gasteiger partial charge is 0.343 e. The molecular formula is C21H22F3N3O3S. The number of carbonyl (C=O) groups is 3. The first-order chi connectivity index (χ1) is 13.9. The highest BCUT2D eigenvalue weighted by atomic mass is 32.1. The molecule has 0 radical (unpaired) electrons. The number of alkyl halides is 2. The molecule has 0 saturated heterocycles. The number of benzene rings is 1. The maximum atomic E-state index is 13.4. The van der Waals surface area contributed by atoms with Gasteiger partial charge >= 0.3 is 0 Å². The highest BCUT2D eigenvalue weighted by molar-refractivity contribution is 7.59. The Morgan fingerprint density at radius 2 is 1.87 bits per heavy atom. The van der Waals surface area contributed by atoms with E-state index < -0.39 is 41.6 Å². The number of rotatable bonds is 7. The second-order valence-corrected chi connectivity index (χ2v) is 7.16. The molecule has 0 saturated carbocycles. The van der Waals surface area contributed by atoms with Crippen molar-refractivity contribution >= 4 is 36.7 Å². The molecule has 1 heterocycles. The summed E-state index contributed by atoms with van der Waals surface area (Å²) in [5.74, 6) is -7.73. The second-order valence-electron chi connectivity index (χ2n) is 7.16. The van der Waals surface area contributed by atoms with E-state index in [1.54, 1.807) is 6.07 Å². The Bertz CT molecular complexity index is 1070. The van der Waals surface area contributed by atoms with Crippen molar-refractivity contribution in [2.45, 2.75) is 33.1 Å². The molecule has 1 aromatic carbocycles. The number of aromatic nitrogens is 1. The molecule has 0 unspecified atom stereocenters. The van der Waals surface area contributed by atoms with Gasteiger partial charge in [0.25, 0.3) is 5.91 Å². The maximum Gasteiger partial charge on any atom is 0.272 e. The number of halogens is 3. The van der Waals surface area contributed by atoms with E-state index >= 15 is 0 Å². The molecule has 0 aliphatic carbocycles. The van der Waals surface area contributed by atoms with Crippen molar-refractivity contribution in [2.24, 2.45) is 13.0 Å². The normalized spacial score (nSPS) is 11.8. The number of carbonyl (C=O) groups excluding carboxylic acids is 3. The van der Waals surface area contributed by atoms with Crippen molar-refractivity contribution in [3.63, 3.8) is 0 Å². The number of nitrogens with one attached hydrogen (secondary N) is 1. The van der Waals surface area contributed by atoms with Gasteiger partial charge in [-0.05, 0) is 38.1 Å². The van der Waals surface area contributed by atoms with E-state index in [1.807, 2.05) is 0 Å². The highest BCUT2D eigenvalue weighted by Gasteiger charge is 2.34. The monoisotopic (exact) mass is 453 g/mol. The Morgan fingerprint density at radius 1 is 1.26 bits per heavy atom. The van der Waals surface area contributed by atoms with Gasteiger partial charge in [-0.2, -0.15) is 18.8 Å². The van der Waals surface area contributed by atoms with Gasteiger partial charge in [-0.25, -0.2) is 13.2 Å². The summed E-state index contributed by atoms with van der Waals surface area (Å²) in [7, 11) is 1.50. The van der Waals surface area contributed by atoms with Gasteiger partial charge < -0.3 is 9.88 Å². The lowest BCUT2D eigenvalue weighted by Gasteiger charge is -2.17. The molecule has 0 aliphatic heterocycles. The minimum absolute atomic E-state index is 0. The van der Waals surface area contributed by atoms with Crippen LogP contribution in [0.4, 0.5) is 18.9 Å². The smallest absolute Gasteiger partial charge is 0.272 e. The van der Waals surface area contributed by atoms with Gasteiger partial charge in [-0.1, -0.05) is 6.92 Å². The number of anilines is 1. The summed E-state index contributed by atoms with van der Waals surface area (Å²) in [6.07, 6.45) is -0.620. The Morgan fingerprint density at radius 3 is 2.42 bits per heavy atom. The maximum absolute atomic E-state index is 13.4. The van der Waals surface area contributed by atoms with Crippen molar-refractivity contribution in [3.05, 3.63) is 52.6 Å². The van der Waals surface area contributed by atoms with E-state index in [4.69, 9.17) is 5.26 Å². The van der Waals surface area contributed by atoms with Crippen LogP contribution in [-0.4, -0.2) is 28.0 Å². The van der Waals surface area contributed by atoms with Crippen LogP contribution >= 0.6 is 13.5 Å². The van der Waals surface area contributed by atoms with Crippen molar-refractivity contribution < 1.29 is 27.6 Å². The van der Waals surface area contributed by atoms with E-state index in [2.05, 4.69) is 5.32 Å². The first-order valence-corrected chi connectivity index (χ1v) is 8.99. The van der Waals surface area contributed by atoms with E-state index in [1.165, 1.54) is 37.6 Å². The van der Waals surface area contributed by atoms with Crippen LogP contribution < -0.4 is 5.32 Å². The van der Waals surface area contributed by atoms with E-state index in [-0.39, 0.29) is 36.0 Å². The molecule has 10 heteroatoms. The predicted octanol–water partition coefficient (Wildman–Crippen LogP) is 4.14. The molecule has 166 valence electrons. The fourth-order valence-corrected chi connectivity index (χ4v) is 2.73. The highest BCUT2D eigenvalue weighted by Crippen LogP contribution is 2.27. The fourth-order valence-electron chi connectivity index (χ4n) is 2.73. The summed E-state index contributed by atoms with van der Waals surface area (Å²) in [4.78, 5) is 37.2. The number of nitrogens with zero attached hydrogens (tertiary/aromatic N) is 2. The van der Waals surface area contributed by atoms with E-state index in [0.29, 0.717) is 12.6 Å². The quantitative estimate of drug-likeness (QED) is 0.504. The first kappa shape index (κ1) is 26.0. The molecule has 1 N–H and O–H groups in total. The molecule has 0 spiro atoms. The molecule has 2 rings (SSSR count). The molecule has 1 amide bonds. The third kappa shape index (κ3) is 5.76. The van der Waals surface area contributed by atoms with Crippen molar-refractivity contribution in [1.82, 2.24) is 4.57 Å². The molecule has 1 atom stereocenters. The third-order valence-electron chi connectivity index (χ3n) is 4.97. The van der Waals surface area contributed by atoms with Gasteiger partial charge in [-0.15, -0.1) is 0 Å². The summed E-state index contributed by atoms with van der Waals surface area (Å²) < 4.78 is 41.4. The zero-order chi connectivity index (χ0) is 22.8. The second kappa shape index (κ2) is 9.83. The minimum Gasteiger partial charge on any atom is -0.343 e. The van der Waals surface area contributed by atoms with E-state index in [0.717, 1.165) is 12.1 Å². The molecule has 0 aliphatic rings. The standard InChI is InChI=1S/C21H20F3N3O3.H2S/c1-11(21(3,23)24)7-18(28)19(29)15-9-17(27(4)12(15)2)20(30)26-14-5-6-16(22)13(8-14)10-25;/h5-6,8-9,11H,7H2,1-4H3,(H,26,30);1H2/t11-;/m1./s1. The van der Waals surface area contributed by atoms with Crippen LogP contribution in [0.2, 0.25) is 0 Å². The summed E-state index contributed by atoms with van der Waals surface area (Å²) in [6.45, 7) is 3.37. The minimum atomic E-state index is -3.11. The van der Waals surface area contributed by atoms with Crippen molar-refractivity contribution in [1.29, 1.82) is 5.26 Å². The van der Waals surface area contributed by atoms with Gasteiger partial charge in [0, 0.05) is 36.3 Å². The number of hydrogen-bond acceptors (Lipinski definition) is 4. The number of hydrogen-bond donors (Lipinski definition) is 1. The lowest BCUT2D eigenvalue weighted by atomic mass is 9.95. The Balaban J connectivity index is 0.00000480. The van der Waals surface area contributed by atoms with Crippen LogP contribution in [0, 0.1) is 30.0 Å². The van der Waals surface area contributed by atoms with Crippen LogP contribution in [0.25, 0.3) is 0 Å². The topological polar surface area (TPSA) is 92.0 Å². The Kier molecular flexibility index (Phi) is 8.24. The number of Topliss-reactive ketones (excluding diaryl/α,β-unsaturated/α-hetero) is 2. The lowest BCUT2D eigenvalue weighted by Crippen LogP contribution is -2.27. The first-order valence-electron chi connectivity index (χ1n) is 8.99. The van der Waals surface area contributed by atoms with Gasteiger partial charge in [0.1, 0.15) is 17.6 Å². The summed E-state index contributed by atoms with van der Waals surface area (Å²) >= 11 is 0. The third-order valence-corrected chi connectivity index (χ3v) is 4.97. The van der Waals surface area contributed by atoms with Crippen LogP contribution in [0.3, 0.4) is 0 Å². The molecule has 2 aromatic rings. The van der Waals surface area contributed by atoms with Crippen molar-refractivity contribution in [2.75, 3.05) is 5.32 Å². The van der Waals surface area contributed by atoms with Crippen LogP contribution in [0.1, 0.15) is 52.4 Å². The Labute approximate surface area is 184 Å². The van der Waals surface area contributed by atoms with Gasteiger partial charge in [-0.3, -0.25) is 14.4 Å². The fraction of sp³-hybridized carbons (Fsp3) is 0.333. The SMILES string of the molecule is Cc1c(C(=O)C(=O)C[C@@H](C)C(C)(F)F)cc(C(=O)Nc2ccc(F)c(C#N)c2)n1C.S. The van der Waals surface area contributed by atoms with Gasteiger partial charge in [0.2, 0.25) is 17.5 Å². The average molecular weight is 453 g/mol. The Hall–Kier alpha value is -3.06. The molecule has 0 fully saturated rings. The zero-order valence-corrected chi connectivity index (χ0v) is 18.3. The molecular weight excluding hydrogens is 431 g/mol. The number of amides is 1. The lowest BCUT2D eigenvalue weighted by molar-refractivity contribution is -0.119. The van der Waals surface area contributed by atoms with Gasteiger partial charge in [0.15, 0.2) is 0 Å². The number of nitriles is 1. The molecule has 6 nitrogen and oxygen atoms in total. The summed E-state index contributed by atoms with van der Waals surface area (Å²) in [6, 6.07) is 6.32. The molecule has 1 aromatic heterocycles. The number of ketones is 2. The van der Waals surface area contributed by atoms with E-state index in [9.17, 15) is 27.6 Å². The van der Waals surface area contributed by atoms with Crippen LogP contribution in [0.5, 0.6) is 0 Å². The van der Waals surface area contributed by atoms with Crippen molar-refractivity contribution in [3.8, 4) is 6.07 Å². The zero-order valence-electron chi connectivity index (χ0n) is 17.3. The summed E-state index contributed by atoms with van der Waals surface area (Å²) in [5, 5.41) is 11.4. The van der Waals surface area contributed by atoms with Crippen LogP contribution in [-0.2, 0) is 11.8 Å². The average Bonchev–Trinajstić information content (AvgIpc) is 2.97. The molecule has 0 bridgehead atoms. The van der Waals surface area contributed by atoms with Gasteiger partial charge in [0.05, 0.1) is 5.56 Å². The molecule has 31 heavy (non-hydrogen) atoms. The predicted molar refractivity (Wildman–Crippen MR) is 113 cm³/mol. The van der Waals surface area contributed by atoms with Crippen LogP contribution in [0.15, 0.2) is 24.3 Å².